The smallest absolute Gasteiger partial charge is 0.341 e. The molecule has 2 aromatic carbocycles. The van der Waals surface area contributed by atoms with Gasteiger partial charge in [-0.05, 0) is 31.2 Å². The largest absolute Gasteiger partial charge is 0.493 e. The molecule has 7 heteroatoms. The average Bonchev–Trinajstić information content (AvgIpc) is 2.68. The van der Waals surface area contributed by atoms with Gasteiger partial charge in [0.2, 0.25) is 0 Å². The fraction of sp³-hybridized carbons (Fsp3) is 0.263. The zero-order valence-electron chi connectivity index (χ0n) is 15.0. The first-order valence-electron chi connectivity index (χ1n) is 7.83. The normalized spacial score (nSPS) is 10.0. The second-order valence-corrected chi connectivity index (χ2v) is 5.04. The predicted molar refractivity (Wildman–Crippen MR) is 93.4 cm³/mol. The number of hydrogen-bond acceptors (Lipinski definition) is 7. The summed E-state index contributed by atoms with van der Waals surface area (Å²) in [5.41, 5.74) is 0.575. The van der Waals surface area contributed by atoms with Gasteiger partial charge in [0.05, 0.1) is 33.5 Å². The Morgan fingerprint density at radius 1 is 0.846 bits per heavy atom. The number of carbonyl (C=O) groups excluding carboxylic acids is 2. The van der Waals surface area contributed by atoms with Crippen molar-refractivity contribution in [3.8, 4) is 23.0 Å². The number of benzene rings is 2. The Morgan fingerprint density at radius 3 is 2.04 bits per heavy atom. The molecule has 0 aliphatic heterocycles. The molecule has 0 spiro atoms. The molecule has 0 unspecified atom stereocenters. The third-order valence-electron chi connectivity index (χ3n) is 3.47. The summed E-state index contributed by atoms with van der Waals surface area (Å²) < 4.78 is 26.0. The van der Waals surface area contributed by atoms with E-state index in [9.17, 15) is 9.59 Å². The maximum absolute atomic E-state index is 12.1. The molecular weight excluding hydrogens is 340 g/mol. The molecule has 0 saturated heterocycles. The summed E-state index contributed by atoms with van der Waals surface area (Å²) in [6.45, 7) is 2.23. The summed E-state index contributed by atoms with van der Waals surface area (Å²) in [6, 6.07) is 9.36. The highest BCUT2D eigenvalue weighted by atomic mass is 16.5. The maximum Gasteiger partial charge on any atom is 0.341 e. The second kappa shape index (κ2) is 8.75. The zero-order chi connectivity index (χ0) is 19.1. The Morgan fingerprint density at radius 2 is 1.50 bits per heavy atom. The Labute approximate surface area is 151 Å². The minimum absolute atomic E-state index is 0.189. The van der Waals surface area contributed by atoms with E-state index < -0.39 is 11.9 Å². The van der Waals surface area contributed by atoms with Crippen LogP contribution in [0.2, 0.25) is 0 Å². The summed E-state index contributed by atoms with van der Waals surface area (Å²) in [7, 11) is 4.08. The number of rotatable bonds is 7. The third kappa shape index (κ3) is 4.24. The lowest BCUT2D eigenvalue weighted by molar-refractivity contribution is 0.0590. The molecule has 138 valence electrons. The average molecular weight is 360 g/mol. The molecule has 0 bridgehead atoms. The molecule has 0 heterocycles. The predicted octanol–water partition coefficient (Wildman–Crippen LogP) is 3.46. The molecule has 26 heavy (non-hydrogen) atoms. The van der Waals surface area contributed by atoms with Crippen LogP contribution in [0.4, 0.5) is 0 Å². The summed E-state index contributed by atoms with van der Waals surface area (Å²) >= 11 is 0. The Balaban J connectivity index is 2.40. The van der Waals surface area contributed by atoms with E-state index in [1.165, 1.54) is 27.4 Å². The standard InChI is InChI=1S/C19H20O7/c1-5-25-17-10-14(19(21)24-4)15(11-16(17)22-2)26-13-8-6-12(7-9-13)18(20)23-3/h6-11H,5H2,1-4H3. The number of methoxy groups -OCH3 is 3. The van der Waals surface area contributed by atoms with E-state index in [2.05, 4.69) is 4.74 Å². The van der Waals surface area contributed by atoms with Crippen molar-refractivity contribution >= 4 is 11.9 Å². The van der Waals surface area contributed by atoms with Crippen LogP contribution in [0.3, 0.4) is 0 Å². The van der Waals surface area contributed by atoms with E-state index in [4.69, 9.17) is 18.9 Å². The van der Waals surface area contributed by atoms with Crippen LogP contribution in [0.5, 0.6) is 23.0 Å². The molecular formula is C19H20O7. The van der Waals surface area contributed by atoms with Crippen LogP contribution in [0.25, 0.3) is 0 Å². The van der Waals surface area contributed by atoms with Crippen LogP contribution in [-0.2, 0) is 9.47 Å². The van der Waals surface area contributed by atoms with Crippen LogP contribution in [0.15, 0.2) is 36.4 Å². The molecule has 0 aliphatic carbocycles. The van der Waals surface area contributed by atoms with Crippen molar-refractivity contribution in [1.82, 2.24) is 0 Å². The van der Waals surface area contributed by atoms with Crippen molar-refractivity contribution in [3.63, 3.8) is 0 Å². The molecule has 0 radical (unpaired) electrons. The van der Waals surface area contributed by atoms with Crippen molar-refractivity contribution in [1.29, 1.82) is 0 Å². The number of hydrogen-bond donors (Lipinski definition) is 0. The Kier molecular flexibility index (Phi) is 6.43. The van der Waals surface area contributed by atoms with E-state index in [0.717, 1.165) is 0 Å². The van der Waals surface area contributed by atoms with Gasteiger partial charge in [0, 0.05) is 12.1 Å². The van der Waals surface area contributed by atoms with Gasteiger partial charge >= 0.3 is 11.9 Å². The van der Waals surface area contributed by atoms with Gasteiger partial charge in [-0.1, -0.05) is 0 Å². The Hall–Kier alpha value is -3.22. The lowest BCUT2D eigenvalue weighted by Gasteiger charge is -2.15. The second-order valence-electron chi connectivity index (χ2n) is 5.04. The first kappa shape index (κ1) is 19.1. The number of carbonyl (C=O) groups is 2. The molecule has 0 atom stereocenters. The van der Waals surface area contributed by atoms with Gasteiger partial charge in [0.1, 0.15) is 17.1 Å². The maximum atomic E-state index is 12.1. The third-order valence-corrected chi connectivity index (χ3v) is 3.47. The number of ether oxygens (including phenoxy) is 5. The summed E-state index contributed by atoms with van der Waals surface area (Å²) in [6.07, 6.45) is 0. The van der Waals surface area contributed by atoms with E-state index >= 15 is 0 Å². The molecule has 0 N–H and O–H groups in total. The van der Waals surface area contributed by atoms with E-state index in [0.29, 0.717) is 29.4 Å². The molecule has 2 rings (SSSR count). The fourth-order valence-corrected chi connectivity index (χ4v) is 2.23. The minimum Gasteiger partial charge on any atom is -0.493 e. The van der Waals surface area contributed by atoms with E-state index in [1.807, 2.05) is 6.92 Å². The zero-order valence-corrected chi connectivity index (χ0v) is 15.0. The van der Waals surface area contributed by atoms with Crippen molar-refractivity contribution in [2.45, 2.75) is 6.92 Å². The summed E-state index contributed by atoms with van der Waals surface area (Å²) in [4.78, 5) is 23.6. The highest BCUT2D eigenvalue weighted by Crippen LogP contribution is 2.37. The quantitative estimate of drug-likeness (QED) is 0.700. The SMILES string of the molecule is CCOc1cc(C(=O)OC)c(Oc2ccc(C(=O)OC)cc2)cc1OC. The highest BCUT2D eigenvalue weighted by molar-refractivity contribution is 5.93. The molecule has 7 nitrogen and oxygen atoms in total. The summed E-state index contributed by atoms with van der Waals surface area (Å²) in [5, 5.41) is 0. The van der Waals surface area contributed by atoms with Crippen molar-refractivity contribution in [2.75, 3.05) is 27.9 Å². The van der Waals surface area contributed by atoms with E-state index in [1.54, 1.807) is 30.3 Å². The van der Waals surface area contributed by atoms with Gasteiger partial charge in [0.25, 0.3) is 0 Å². The van der Waals surface area contributed by atoms with Crippen LogP contribution in [-0.4, -0.2) is 39.9 Å². The lowest BCUT2D eigenvalue weighted by Crippen LogP contribution is -2.06. The van der Waals surface area contributed by atoms with Crippen LogP contribution < -0.4 is 14.2 Å². The Bertz CT molecular complexity index is 781. The van der Waals surface area contributed by atoms with Crippen LogP contribution in [0, 0.1) is 0 Å². The first-order valence-corrected chi connectivity index (χ1v) is 7.83. The van der Waals surface area contributed by atoms with Gasteiger partial charge in [-0.25, -0.2) is 9.59 Å². The minimum atomic E-state index is -0.574. The first-order chi connectivity index (χ1) is 12.5. The highest BCUT2D eigenvalue weighted by Gasteiger charge is 2.19. The molecule has 0 amide bonds. The van der Waals surface area contributed by atoms with Gasteiger partial charge in [-0.15, -0.1) is 0 Å². The van der Waals surface area contributed by atoms with Crippen LogP contribution >= 0.6 is 0 Å². The van der Waals surface area contributed by atoms with Gasteiger partial charge in [0.15, 0.2) is 11.5 Å². The molecule has 0 aromatic heterocycles. The van der Waals surface area contributed by atoms with Crippen molar-refractivity contribution < 1.29 is 33.3 Å². The molecule has 0 aliphatic rings. The topological polar surface area (TPSA) is 80.3 Å². The number of esters is 2. The van der Waals surface area contributed by atoms with Crippen molar-refractivity contribution in [2.24, 2.45) is 0 Å². The molecule has 0 fully saturated rings. The fourth-order valence-electron chi connectivity index (χ4n) is 2.23. The summed E-state index contributed by atoms with van der Waals surface area (Å²) in [5.74, 6) is 0.464. The van der Waals surface area contributed by atoms with Gasteiger partial charge < -0.3 is 23.7 Å². The van der Waals surface area contributed by atoms with Crippen molar-refractivity contribution in [3.05, 3.63) is 47.5 Å². The van der Waals surface area contributed by atoms with Crippen LogP contribution in [0.1, 0.15) is 27.6 Å². The monoisotopic (exact) mass is 360 g/mol. The molecule has 2 aromatic rings. The lowest BCUT2D eigenvalue weighted by atomic mass is 10.1. The molecule has 0 saturated carbocycles. The van der Waals surface area contributed by atoms with Gasteiger partial charge in [-0.3, -0.25) is 0 Å². The van der Waals surface area contributed by atoms with E-state index in [-0.39, 0.29) is 11.3 Å². The van der Waals surface area contributed by atoms with Gasteiger partial charge in [-0.2, -0.15) is 0 Å².